The monoisotopic (exact) mass is 429 g/mol. The molecular weight excluding hydrogens is 410 g/mol. The van der Waals surface area contributed by atoms with Gasteiger partial charge >= 0.3 is 5.97 Å². The van der Waals surface area contributed by atoms with Crippen molar-refractivity contribution in [1.29, 1.82) is 0 Å². The summed E-state index contributed by atoms with van der Waals surface area (Å²) in [5.41, 5.74) is 3.57. The largest absolute Gasteiger partial charge is 0.507 e. The number of nitrogens with one attached hydrogen (secondary N) is 2. The number of carboxylic acid groups (broad SMARTS) is 1. The lowest BCUT2D eigenvalue weighted by Gasteiger charge is -2.09. The van der Waals surface area contributed by atoms with Gasteiger partial charge in [-0.1, -0.05) is 48.5 Å². The molecule has 0 aliphatic heterocycles. The molecule has 0 saturated carbocycles. The number of para-hydroxylation sites is 1. The number of phenolic OH excluding ortho intramolecular Hbond substituents is 1. The number of hydrogen-bond acceptors (Lipinski definition) is 5. The number of aromatic carboxylic acids is 1. The second-order valence-corrected chi connectivity index (χ2v) is 6.56. The number of hydrogen-bond donors (Lipinski definition) is 4. The molecule has 8 heteroatoms. The van der Waals surface area contributed by atoms with Gasteiger partial charge in [0, 0.05) is 11.1 Å². The van der Waals surface area contributed by atoms with Gasteiger partial charge in [0.2, 0.25) is 0 Å². The molecular formula is C24H19N3O5. The van der Waals surface area contributed by atoms with Gasteiger partial charge in [-0.25, -0.2) is 10.2 Å². The topological polar surface area (TPSA) is 128 Å². The normalized spacial score (nSPS) is 11.2. The Morgan fingerprint density at radius 2 is 1.47 bits per heavy atom. The summed E-state index contributed by atoms with van der Waals surface area (Å²) in [6.45, 7) is 0. The van der Waals surface area contributed by atoms with Crippen LogP contribution in [0.2, 0.25) is 0 Å². The van der Waals surface area contributed by atoms with Crippen LogP contribution in [0.25, 0.3) is 6.08 Å². The van der Waals surface area contributed by atoms with Crippen LogP contribution >= 0.6 is 0 Å². The Kier molecular flexibility index (Phi) is 7.11. The zero-order valence-corrected chi connectivity index (χ0v) is 16.7. The Morgan fingerprint density at radius 1 is 0.812 bits per heavy atom. The van der Waals surface area contributed by atoms with Gasteiger partial charge in [-0.15, -0.1) is 0 Å². The summed E-state index contributed by atoms with van der Waals surface area (Å²) in [5.74, 6) is -2.32. The highest BCUT2D eigenvalue weighted by molar-refractivity contribution is 6.05. The molecule has 0 aliphatic carbocycles. The lowest BCUT2D eigenvalue weighted by atomic mass is 10.1. The van der Waals surface area contributed by atoms with Crippen LogP contribution in [0, 0.1) is 0 Å². The summed E-state index contributed by atoms with van der Waals surface area (Å²) in [4.78, 5) is 36.1. The summed E-state index contributed by atoms with van der Waals surface area (Å²) in [6.07, 6.45) is 2.67. The van der Waals surface area contributed by atoms with Crippen molar-refractivity contribution < 1.29 is 24.6 Å². The van der Waals surface area contributed by atoms with E-state index in [2.05, 4.69) is 15.8 Å². The number of phenols is 1. The third kappa shape index (κ3) is 5.90. The third-order valence-corrected chi connectivity index (χ3v) is 4.30. The number of carbonyl (C=O) groups is 3. The van der Waals surface area contributed by atoms with Gasteiger partial charge in [0.1, 0.15) is 11.4 Å². The molecule has 4 N–H and O–H groups in total. The molecule has 3 aromatic carbocycles. The zero-order valence-electron chi connectivity index (χ0n) is 16.7. The minimum Gasteiger partial charge on any atom is -0.507 e. The van der Waals surface area contributed by atoms with E-state index in [0.29, 0.717) is 16.7 Å². The first-order valence-corrected chi connectivity index (χ1v) is 9.47. The molecule has 0 radical (unpaired) electrons. The van der Waals surface area contributed by atoms with Gasteiger partial charge < -0.3 is 15.5 Å². The van der Waals surface area contributed by atoms with Crippen molar-refractivity contribution >= 4 is 30.1 Å². The van der Waals surface area contributed by atoms with Crippen LogP contribution in [0.3, 0.4) is 0 Å². The van der Waals surface area contributed by atoms with Crippen LogP contribution in [0.1, 0.15) is 31.8 Å². The van der Waals surface area contributed by atoms with Gasteiger partial charge in [0.05, 0.1) is 11.8 Å². The number of amides is 2. The number of aromatic hydroxyl groups is 1. The van der Waals surface area contributed by atoms with E-state index in [1.54, 1.807) is 48.5 Å². The first-order valence-electron chi connectivity index (χ1n) is 9.47. The van der Waals surface area contributed by atoms with E-state index in [9.17, 15) is 19.5 Å². The van der Waals surface area contributed by atoms with Gasteiger partial charge in [-0.2, -0.15) is 5.10 Å². The van der Waals surface area contributed by atoms with Crippen molar-refractivity contribution in [3.8, 4) is 5.75 Å². The molecule has 160 valence electrons. The predicted molar refractivity (Wildman–Crippen MR) is 119 cm³/mol. The van der Waals surface area contributed by atoms with Crippen LogP contribution < -0.4 is 10.7 Å². The first-order chi connectivity index (χ1) is 15.4. The molecule has 0 bridgehead atoms. The molecule has 8 nitrogen and oxygen atoms in total. The zero-order chi connectivity index (χ0) is 22.9. The summed E-state index contributed by atoms with van der Waals surface area (Å²) in [6, 6.07) is 20.6. The summed E-state index contributed by atoms with van der Waals surface area (Å²) >= 11 is 0. The lowest BCUT2D eigenvalue weighted by Crippen LogP contribution is -2.32. The van der Waals surface area contributed by atoms with Crippen LogP contribution in [0.5, 0.6) is 5.75 Å². The van der Waals surface area contributed by atoms with E-state index in [0.717, 1.165) is 0 Å². The quantitative estimate of drug-likeness (QED) is 0.261. The maximum Gasteiger partial charge on any atom is 0.335 e. The van der Waals surface area contributed by atoms with Crippen LogP contribution in [-0.4, -0.2) is 34.2 Å². The summed E-state index contributed by atoms with van der Waals surface area (Å²) < 4.78 is 0. The van der Waals surface area contributed by atoms with Crippen molar-refractivity contribution in [3.63, 3.8) is 0 Å². The van der Waals surface area contributed by atoms with E-state index >= 15 is 0 Å². The van der Waals surface area contributed by atoms with Crippen molar-refractivity contribution in [1.82, 2.24) is 10.7 Å². The molecule has 0 aliphatic rings. The molecule has 0 fully saturated rings. The molecule has 0 unspecified atom stereocenters. The molecule has 0 saturated heterocycles. The molecule has 0 aromatic heterocycles. The number of nitrogens with zero attached hydrogens (tertiary/aromatic N) is 1. The molecule has 0 spiro atoms. The maximum atomic E-state index is 12.7. The minimum atomic E-state index is -1.05. The Hall–Kier alpha value is -4.72. The minimum absolute atomic E-state index is 0.0613. The van der Waals surface area contributed by atoms with Gasteiger partial charge in [-0.05, 0) is 42.0 Å². The predicted octanol–water partition coefficient (Wildman–Crippen LogP) is 3.01. The fraction of sp³-hybridized carbons (Fsp3) is 0. The van der Waals surface area contributed by atoms with E-state index in [4.69, 9.17) is 5.11 Å². The Bertz CT molecular complexity index is 1190. The number of hydrazone groups is 1. The highest BCUT2D eigenvalue weighted by Crippen LogP contribution is 2.18. The van der Waals surface area contributed by atoms with E-state index in [-0.39, 0.29) is 17.0 Å². The Balaban J connectivity index is 1.79. The standard InChI is InChI=1S/C24H19N3O5/c28-21-9-5-4-8-19(21)14-20(26-22(29)17-6-2-1-3-7-17)23(30)27-25-15-16-10-12-18(13-11-16)24(31)32/h1-15,28H,(H,26,29)(H,27,30)(H,31,32)/b20-14-,25-15-. The summed E-state index contributed by atoms with van der Waals surface area (Å²) in [7, 11) is 0. The molecule has 2 amide bonds. The van der Waals surface area contributed by atoms with E-state index in [1.165, 1.54) is 42.6 Å². The molecule has 0 atom stereocenters. The molecule has 0 heterocycles. The van der Waals surface area contributed by atoms with Crippen LogP contribution in [-0.2, 0) is 4.79 Å². The second-order valence-electron chi connectivity index (χ2n) is 6.56. The summed E-state index contributed by atoms with van der Waals surface area (Å²) in [5, 5.41) is 25.3. The number of benzene rings is 3. The molecule has 32 heavy (non-hydrogen) atoms. The Labute approximate surface area is 183 Å². The van der Waals surface area contributed by atoms with Gasteiger partial charge in [0.25, 0.3) is 11.8 Å². The average molecular weight is 429 g/mol. The van der Waals surface area contributed by atoms with Crippen LogP contribution in [0.15, 0.2) is 89.7 Å². The Morgan fingerprint density at radius 3 is 2.12 bits per heavy atom. The molecule has 3 aromatic rings. The average Bonchev–Trinajstić information content (AvgIpc) is 2.80. The maximum absolute atomic E-state index is 12.7. The van der Waals surface area contributed by atoms with Crippen molar-refractivity contribution in [3.05, 3.63) is 107 Å². The van der Waals surface area contributed by atoms with E-state index < -0.39 is 17.8 Å². The number of rotatable bonds is 7. The highest BCUT2D eigenvalue weighted by atomic mass is 16.4. The highest BCUT2D eigenvalue weighted by Gasteiger charge is 2.15. The van der Waals surface area contributed by atoms with Gasteiger partial charge in [0.15, 0.2) is 0 Å². The number of carboxylic acids is 1. The fourth-order valence-corrected chi connectivity index (χ4v) is 2.64. The fourth-order valence-electron chi connectivity index (χ4n) is 2.64. The smallest absolute Gasteiger partial charge is 0.335 e. The van der Waals surface area contributed by atoms with Crippen molar-refractivity contribution in [2.24, 2.45) is 5.10 Å². The van der Waals surface area contributed by atoms with Crippen molar-refractivity contribution in [2.75, 3.05) is 0 Å². The van der Waals surface area contributed by atoms with Crippen LogP contribution in [0.4, 0.5) is 0 Å². The third-order valence-electron chi connectivity index (χ3n) is 4.30. The lowest BCUT2D eigenvalue weighted by molar-refractivity contribution is -0.117. The van der Waals surface area contributed by atoms with Crippen molar-refractivity contribution in [2.45, 2.75) is 0 Å². The SMILES string of the molecule is O=C(N/N=C\c1ccc(C(=O)O)cc1)/C(=C/c1ccccc1O)NC(=O)c1ccccc1. The van der Waals surface area contributed by atoms with Gasteiger partial charge in [-0.3, -0.25) is 9.59 Å². The first kappa shape index (κ1) is 22.0. The van der Waals surface area contributed by atoms with E-state index in [1.807, 2.05) is 0 Å². The second kappa shape index (κ2) is 10.4. The molecule has 3 rings (SSSR count). The number of carbonyl (C=O) groups excluding carboxylic acids is 2.